The third kappa shape index (κ3) is 3.47. The molecule has 8 heteroatoms. The summed E-state index contributed by atoms with van der Waals surface area (Å²) in [6.07, 6.45) is 11.3. The minimum Gasteiger partial charge on any atom is -0.356 e. The molecule has 3 aromatic heterocycles. The lowest BCUT2D eigenvalue weighted by atomic mass is 9.83. The molecule has 0 atom stereocenters. The first kappa shape index (κ1) is 19.5. The SMILES string of the molecule is O=C(NCCn1ncc2c(N3CCCCC3)ncnc21)C1(c2cccs2)CCCC1. The van der Waals surface area contributed by atoms with Crippen molar-refractivity contribution in [1.29, 1.82) is 0 Å². The molecule has 4 heterocycles. The van der Waals surface area contributed by atoms with Crippen molar-refractivity contribution >= 4 is 34.1 Å². The number of thiophene rings is 1. The van der Waals surface area contributed by atoms with Gasteiger partial charge in [-0.25, -0.2) is 14.6 Å². The van der Waals surface area contributed by atoms with Gasteiger partial charge in [0.15, 0.2) is 5.65 Å². The predicted molar refractivity (Wildman–Crippen MR) is 119 cm³/mol. The fourth-order valence-corrected chi connectivity index (χ4v) is 5.94. The Morgan fingerprint density at radius 2 is 1.97 bits per heavy atom. The molecule has 1 aliphatic carbocycles. The molecule has 30 heavy (non-hydrogen) atoms. The van der Waals surface area contributed by atoms with Gasteiger partial charge in [-0.3, -0.25) is 4.79 Å². The Hall–Kier alpha value is -2.48. The lowest BCUT2D eigenvalue weighted by molar-refractivity contribution is -0.126. The van der Waals surface area contributed by atoms with Crippen LogP contribution < -0.4 is 10.2 Å². The molecule has 1 aliphatic heterocycles. The first-order valence-corrected chi connectivity index (χ1v) is 11.9. The highest BCUT2D eigenvalue weighted by Crippen LogP contribution is 2.43. The first-order chi connectivity index (χ1) is 14.8. The minimum absolute atomic E-state index is 0.155. The lowest BCUT2D eigenvalue weighted by Crippen LogP contribution is -2.43. The number of carbonyl (C=O) groups excluding carboxylic acids is 1. The second-order valence-electron chi connectivity index (χ2n) is 8.37. The quantitative estimate of drug-likeness (QED) is 0.655. The van der Waals surface area contributed by atoms with Crippen LogP contribution in [0.15, 0.2) is 30.0 Å². The minimum atomic E-state index is -0.343. The van der Waals surface area contributed by atoms with Crippen LogP contribution in [0.5, 0.6) is 0 Å². The van der Waals surface area contributed by atoms with Gasteiger partial charge in [0.05, 0.1) is 23.5 Å². The molecule has 3 aromatic rings. The first-order valence-electron chi connectivity index (χ1n) is 11.0. The fraction of sp³-hybridized carbons (Fsp3) is 0.545. The molecular formula is C22H28N6OS. The van der Waals surface area contributed by atoms with Crippen LogP contribution in [0.3, 0.4) is 0 Å². The van der Waals surface area contributed by atoms with Crippen LogP contribution in [0.2, 0.25) is 0 Å². The van der Waals surface area contributed by atoms with Crippen molar-refractivity contribution in [2.45, 2.75) is 56.9 Å². The number of fused-ring (bicyclic) bond motifs is 1. The van der Waals surface area contributed by atoms with Gasteiger partial charge in [-0.1, -0.05) is 18.9 Å². The third-order valence-corrected chi connectivity index (χ3v) is 7.64. The molecule has 158 valence electrons. The molecule has 2 fully saturated rings. The van der Waals surface area contributed by atoms with Crippen LogP contribution in [0.1, 0.15) is 49.8 Å². The summed E-state index contributed by atoms with van der Waals surface area (Å²) in [6, 6.07) is 4.15. The molecule has 5 rings (SSSR count). The molecule has 1 saturated heterocycles. The average Bonchev–Trinajstić information content (AvgIpc) is 3.55. The average molecular weight is 425 g/mol. The van der Waals surface area contributed by atoms with Crippen molar-refractivity contribution in [1.82, 2.24) is 25.1 Å². The number of hydrogen-bond donors (Lipinski definition) is 1. The molecule has 1 N–H and O–H groups in total. The van der Waals surface area contributed by atoms with Crippen LogP contribution in [0.4, 0.5) is 5.82 Å². The summed E-state index contributed by atoms with van der Waals surface area (Å²) in [5, 5.41) is 10.8. The highest BCUT2D eigenvalue weighted by atomic mass is 32.1. The Balaban J connectivity index is 1.28. The van der Waals surface area contributed by atoms with Gasteiger partial charge in [0.1, 0.15) is 12.1 Å². The van der Waals surface area contributed by atoms with Crippen molar-refractivity contribution in [2.75, 3.05) is 24.5 Å². The van der Waals surface area contributed by atoms with Crippen LogP contribution in [0.25, 0.3) is 11.0 Å². The van der Waals surface area contributed by atoms with Gasteiger partial charge in [-0.05, 0) is 43.6 Å². The van der Waals surface area contributed by atoms with Gasteiger partial charge in [0.25, 0.3) is 0 Å². The fourth-order valence-electron chi connectivity index (χ4n) is 4.96. The second-order valence-corrected chi connectivity index (χ2v) is 9.32. The van der Waals surface area contributed by atoms with Crippen molar-refractivity contribution in [2.24, 2.45) is 0 Å². The summed E-state index contributed by atoms with van der Waals surface area (Å²) in [5.74, 6) is 1.14. The number of carbonyl (C=O) groups is 1. The maximum absolute atomic E-state index is 13.2. The third-order valence-electron chi connectivity index (χ3n) is 6.56. The monoisotopic (exact) mass is 424 g/mol. The van der Waals surface area contributed by atoms with Gasteiger partial charge in [-0.15, -0.1) is 11.3 Å². The van der Waals surface area contributed by atoms with E-state index in [1.165, 1.54) is 24.1 Å². The number of aromatic nitrogens is 4. The number of piperidine rings is 1. The number of nitrogens with one attached hydrogen (secondary N) is 1. The summed E-state index contributed by atoms with van der Waals surface area (Å²) in [5.41, 5.74) is 0.498. The highest BCUT2D eigenvalue weighted by molar-refractivity contribution is 7.10. The van der Waals surface area contributed by atoms with Crippen molar-refractivity contribution in [3.63, 3.8) is 0 Å². The maximum Gasteiger partial charge on any atom is 0.231 e. The van der Waals surface area contributed by atoms with Gasteiger partial charge >= 0.3 is 0 Å². The molecule has 0 radical (unpaired) electrons. The molecular weight excluding hydrogens is 396 g/mol. The van der Waals surface area contributed by atoms with Gasteiger partial charge < -0.3 is 10.2 Å². The van der Waals surface area contributed by atoms with E-state index in [1.54, 1.807) is 17.7 Å². The topological polar surface area (TPSA) is 75.9 Å². The summed E-state index contributed by atoms with van der Waals surface area (Å²) in [4.78, 5) is 25.7. The zero-order valence-corrected chi connectivity index (χ0v) is 18.0. The number of anilines is 1. The maximum atomic E-state index is 13.2. The molecule has 2 aliphatic rings. The van der Waals surface area contributed by atoms with E-state index in [0.29, 0.717) is 13.1 Å². The number of hydrogen-bond acceptors (Lipinski definition) is 6. The zero-order chi connectivity index (χ0) is 20.4. The van der Waals surface area contributed by atoms with Crippen molar-refractivity contribution in [3.05, 3.63) is 34.9 Å². The Morgan fingerprint density at radius 1 is 1.13 bits per heavy atom. The van der Waals surface area contributed by atoms with E-state index >= 15 is 0 Å². The molecule has 0 bridgehead atoms. The number of amides is 1. The molecule has 1 amide bonds. The van der Waals surface area contributed by atoms with E-state index in [4.69, 9.17) is 0 Å². The number of rotatable bonds is 6. The summed E-state index contributed by atoms with van der Waals surface area (Å²) in [7, 11) is 0. The lowest BCUT2D eigenvalue weighted by Gasteiger charge is -2.27. The smallest absolute Gasteiger partial charge is 0.231 e. The van der Waals surface area contributed by atoms with E-state index in [1.807, 2.05) is 16.9 Å². The Labute approximate surface area is 180 Å². The van der Waals surface area contributed by atoms with Gasteiger partial charge in [0.2, 0.25) is 5.91 Å². The molecule has 0 unspecified atom stereocenters. The standard InChI is InChI=1S/C22H28N6OS/c29-21(22(8-2-3-9-22)18-7-6-14-30-18)23-10-13-28-20-17(15-26-28)19(24-16-25-20)27-11-4-1-5-12-27/h6-7,14-16H,1-5,8-13H2,(H,23,29). The molecule has 0 spiro atoms. The summed E-state index contributed by atoms with van der Waals surface area (Å²) in [6.45, 7) is 3.23. The van der Waals surface area contributed by atoms with Crippen LogP contribution >= 0.6 is 11.3 Å². The Bertz CT molecular complexity index is 1000. The van der Waals surface area contributed by atoms with E-state index in [2.05, 4.69) is 36.7 Å². The number of nitrogens with zero attached hydrogens (tertiary/aromatic N) is 5. The predicted octanol–water partition coefficient (Wildman–Crippen LogP) is 3.51. The van der Waals surface area contributed by atoms with E-state index in [0.717, 1.165) is 55.6 Å². The Kier molecular flexibility index (Phi) is 5.41. The van der Waals surface area contributed by atoms with E-state index < -0.39 is 0 Å². The van der Waals surface area contributed by atoms with E-state index in [9.17, 15) is 4.79 Å². The van der Waals surface area contributed by atoms with E-state index in [-0.39, 0.29) is 11.3 Å². The molecule has 7 nitrogen and oxygen atoms in total. The zero-order valence-electron chi connectivity index (χ0n) is 17.2. The summed E-state index contributed by atoms with van der Waals surface area (Å²) < 4.78 is 1.89. The van der Waals surface area contributed by atoms with Crippen LogP contribution in [0, 0.1) is 0 Å². The normalized spacial score (nSPS) is 18.7. The van der Waals surface area contributed by atoms with Crippen LogP contribution in [-0.2, 0) is 16.8 Å². The van der Waals surface area contributed by atoms with Gasteiger partial charge in [-0.2, -0.15) is 5.10 Å². The molecule has 0 aromatic carbocycles. The summed E-state index contributed by atoms with van der Waals surface area (Å²) >= 11 is 1.70. The largest absolute Gasteiger partial charge is 0.356 e. The Morgan fingerprint density at radius 3 is 2.73 bits per heavy atom. The van der Waals surface area contributed by atoms with Gasteiger partial charge in [0, 0.05) is 24.5 Å². The highest BCUT2D eigenvalue weighted by Gasteiger charge is 2.43. The van der Waals surface area contributed by atoms with Crippen LogP contribution in [-0.4, -0.2) is 45.3 Å². The molecule has 1 saturated carbocycles. The second kappa shape index (κ2) is 8.34. The van der Waals surface area contributed by atoms with Crippen molar-refractivity contribution < 1.29 is 4.79 Å². The van der Waals surface area contributed by atoms with Crippen molar-refractivity contribution in [3.8, 4) is 0 Å².